The highest BCUT2D eigenvalue weighted by Gasteiger charge is 2.00. The summed E-state index contributed by atoms with van der Waals surface area (Å²) >= 11 is 0. The van der Waals surface area contributed by atoms with Crippen molar-refractivity contribution in [3.63, 3.8) is 0 Å². The van der Waals surface area contributed by atoms with Crippen LogP contribution in [0.4, 0.5) is 9.59 Å². The van der Waals surface area contributed by atoms with Gasteiger partial charge in [-0.3, -0.25) is 0 Å². The highest BCUT2D eigenvalue weighted by Crippen LogP contribution is 1.82. The third-order valence-corrected chi connectivity index (χ3v) is 1.04. The van der Waals surface area contributed by atoms with Gasteiger partial charge in [0.2, 0.25) is 0 Å². The van der Waals surface area contributed by atoms with Gasteiger partial charge in [-0.05, 0) is 6.42 Å². The molecular formula is C6H13N3O3. The number of unbranched alkanes of at least 4 members (excludes halogenated alkanes) is 1. The molecule has 6 heteroatoms. The fourth-order valence-corrected chi connectivity index (χ4v) is 0.500. The number of primary amides is 1. The van der Waals surface area contributed by atoms with Crippen molar-refractivity contribution >= 4 is 12.1 Å². The van der Waals surface area contributed by atoms with Gasteiger partial charge in [-0.15, -0.1) is 0 Å². The van der Waals surface area contributed by atoms with E-state index in [1.165, 1.54) is 0 Å². The summed E-state index contributed by atoms with van der Waals surface area (Å²) in [7, 11) is 0. The molecule has 0 saturated heterocycles. The molecule has 0 aromatic carbocycles. The molecule has 0 aliphatic heterocycles. The van der Waals surface area contributed by atoms with E-state index in [2.05, 4.69) is 15.9 Å². The van der Waals surface area contributed by atoms with E-state index in [0.29, 0.717) is 6.54 Å². The Bertz CT molecular complexity index is 160. The fourth-order valence-electron chi connectivity index (χ4n) is 0.500. The largest absolute Gasteiger partial charge is 0.431 e. The number of urea groups is 1. The second kappa shape index (κ2) is 6.26. The molecule has 0 aromatic rings. The quantitative estimate of drug-likeness (QED) is 0.419. The minimum atomic E-state index is -0.902. The number of nitrogens with two attached hydrogens (primary N) is 1. The van der Waals surface area contributed by atoms with E-state index >= 15 is 0 Å². The molecule has 0 fully saturated rings. The van der Waals surface area contributed by atoms with Gasteiger partial charge >= 0.3 is 12.1 Å². The molecular weight excluding hydrogens is 162 g/mol. The van der Waals surface area contributed by atoms with Crippen LogP contribution in [0.3, 0.4) is 0 Å². The van der Waals surface area contributed by atoms with Gasteiger partial charge in [0.15, 0.2) is 0 Å². The van der Waals surface area contributed by atoms with Gasteiger partial charge in [0.05, 0.1) is 0 Å². The smallest absolute Gasteiger partial charge is 0.349 e. The van der Waals surface area contributed by atoms with Crippen LogP contribution in [0, 0.1) is 0 Å². The summed E-state index contributed by atoms with van der Waals surface area (Å²) in [6.07, 6.45) is 1.14. The van der Waals surface area contributed by atoms with Crippen molar-refractivity contribution < 1.29 is 14.4 Å². The van der Waals surface area contributed by atoms with Crippen molar-refractivity contribution in [1.29, 1.82) is 0 Å². The Morgan fingerprint density at radius 2 is 2.17 bits per heavy atom. The van der Waals surface area contributed by atoms with Crippen LogP contribution in [0.2, 0.25) is 0 Å². The minimum absolute atomic E-state index is 0.524. The molecule has 0 spiro atoms. The third kappa shape index (κ3) is 6.66. The van der Waals surface area contributed by atoms with E-state index < -0.39 is 12.1 Å². The highest BCUT2D eigenvalue weighted by atomic mass is 16.7. The lowest BCUT2D eigenvalue weighted by Crippen LogP contribution is -2.36. The number of hydrogen-bond acceptors (Lipinski definition) is 3. The van der Waals surface area contributed by atoms with Crippen LogP contribution >= 0.6 is 0 Å². The molecule has 0 aliphatic rings. The van der Waals surface area contributed by atoms with Gasteiger partial charge in [-0.25, -0.2) is 9.59 Å². The van der Waals surface area contributed by atoms with Gasteiger partial charge in [-0.2, -0.15) is 5.48 Å². The predicted octanol–water partition coefficient (Wildman–Crippen LogP) is 0.0960. The zero-order valence-corrected chi connectivity index (χ0v) is 6.92. The summed E-state index contributed by atoms with van der Waals surface area (Å²) in [5.74, 6) is 0. The molecule has 0 heterocycles. The Balaban J connectivity index is 3.28. The molecule has 0 bridgehead atoms. The van der Waals surface area contributed by atoms with Crippen LogP contribution in [-0.4, -0.2) is 18.7 Å². The number of rotatable bonds is 3. The number of hydrogen-bond donors (Lipinski definition) is 3. The topological polar surface area (TPSA) is 93.4 Å². The fraction of sp³-hybridized carbons (Fsp3) is 0.667. The first-order valence-corrected chi connectivity index (χ1v) is 3.67. The lowest BCUT2D eigenvalue weighted by atomic mass is 10.3. The molecule has 6 nitrogen and oxygen atoms in total. The highest BCUT2D eigenvalue weighted by molar-refractivity contribution is 5.74. The van der Waals surface area contributed by atoms with E-state index in [9.17, 15) is 9.59 Å². The van der Waals surface area contributed by atoms with Crippen LogP contribution < -0.4 is 16.5 Å². The Morgan fingerprint density at radius 3 is 2.67 bits per heavy atom. The summed E-state index contributed by atoms with van der Waals surface area (Å²) in [6, 6.07) is -0.902. The molecule has 0 atom stereocenters. The van der Waals surface area contributed by atoms with E-state index in [4.69, 9.17) is 0 Å². The van der Waals surface area contributed by atoms with Crippen molar-refractivity contribution in [3.8, 4) is 0 Å². The van der Waals surface area contributed by atoms with Crippen LogP contribution in [0.1, 0.15) is 19.8 Å². The van der Waals surface area contributed by atoms with Crippen molar-refractivity contribution in [2.45, 2.75) is 19.8 Å². The summed E-state index contributed by atoms with van der Waals surface area (Å²) < 4.78 is 0. The minimum Gasteiger partial charge on any atom is -0.349 e. The van der Waals surface area contributed by atoms with Gasteiger partial charge in [0.1, 0.15) is 0 Å². The molecule has 3 amide bonds. The number of amides is 3. The maximum atomic E-state index is 10.6. The van der Waals surface area contributed by atoms with Crippen molar-refractivity contribution in [1.82, 2.24) is 10.8 Å². The van der Waals surface area contributed by atoms with Crippen LogP contribution in [-0.2, 0) is 4.84 Å². The summed E-state index contributed by atoms with van der Waals surface area (Å²) in [4.78, 5) is 24.8. The molecule has 0 aromatic heterocycles. The Kier molecular flexibility index (Phi) is 5.50. The lowest BCUT2D eigenvalue weighted by molar-refractivity contribution is 0.103. The first kappa shape index (κ1) is 10.5. The standard InChI is InChI=1S/C6H13N3O3/c1-2-3-4-8-6(11)12-9-5(7)10/h2-4H2,1H3,(H,8,11)(H3,7,9,10). The first-order chi connectivity index (χ1) is 5.66. The van der Waals surface area contributed by atoms with Crippen molar-refractivity contribution in [3.05, 3.63) is 0 Å². The first-order valence-electron chi connectivity index (χ1n) is 3.67. The molecule has 0 aliphatic carbocycles. The molecule has 0 radical (unpaired) electrons. The number of nitrogens with one attached hydrogen (secondary N) is 2. The van der Waals surface area contributed by atoms with Crippen LogP contribution in [0.25, 0.3) is 0 Å². The van der Waals surface area contributed by atoms with Gasteiger partial charge in [-0.1, -0.05) is 13.3 Å². The van der Waals surface area contributed by atoms with Crippen molar-refractivity contribution in [2.75, 3.05) is 6.54 Å². The Hall–Kier alpha value is -1.46. The third-order valence-electron chi connectivity index (χ3n) is 1.04. The zero-order chi connectivity index (χ0) is 9.40. The average Bonchev–Trinajstić information content (AvgIpc) is 2.01. The van der Waals surface area contributed by atoms with Crippen LogP contribution in [0.5, 0.6) is 0 Å². The van der Waals surface area contributed by atoms with Crippen LogP contribution in [0.15, 0.2) is 0 Å². The van der Waals surface area contributed by atoms with E-state index in [0.717, 1.165) is 12.8 Å². The average molecular weight is 175 g/mol. The second-order valence-corrected chi connectivity index (χ2v) is 2.14. The van der Waals surface area contributed by atoms with Gasteiger partial charge in [0.25, 0.3) is 0 Å². The maximum absolute atomic E-state index is 10.6. The Morgan fingerprint density at radius 1 is 1.50 bits per heavy atom. The maximum Gasteiger partial charge on any atom is 0.431 e. The molecule has 4 N–H and O–H groups in total. The van der Waals surface area contributed by atoms with Gasteiger partial charge < -0.3 is 15.9 Å². The summed E-state index contributed by atoms with van der Waals surface area (Å²) in [5.41, 5.74) is 6.34. The summed E-state index contributed by atoms with van der Waals surface area (Å²) in [6.45, 7) is 2.52. The van der Waals surface area contributed by atoms with E-state index in [-0.39, 0.29) is 0 Å². The lowest BCUT2D eigenvalue weighted by Gasteiger charge is -2.03. The normalized spacial score (nSPS) is 8.75. The number of carbonyl (C=O) groups excluding carboxylic acids is 2. The summed E-state index contributed by atoms with van der Waals surface area (Å²) in [5, 5.41) is 2.41. The van der Waals surface area contributed by atoms with E-state index in [1.54, 1.807) is 5.48 Å². The molecule has 0 rings (SSSR count). The molecule has 70 valence electrons. The molecule has 0 saturated carbocycles. The van der Waals surface area contributed by atoms with Gasteiger partial charge in [0, 0.05) is 6.54 Å². The SMILES string of the molecule is CCCCNC(=O)ONC(N)=O. The number of carbonyl (C=O) groups is 2. The molecule has 12 heavy (non-hydrogen) atoms. The second-order valence-electron chi connectivity index (χ2n) is 2.14. The molecule has 0 unspecified atom stereocenters. The Labute approximate surface area is 70.4 Å². The predicted molar refractivity (Wildman–Crippen MR) is 42.1 cm³/mol. The monoisotopic (exact) mass is 175 g/mol. The van der Waals surface area contributed by atoms with E-state index in [1.807, 2.05) is 6.92 Å². The zero-order valence-electron chi connectivity index (χ0n) is 6.92. The van der Waals surface area contributed by atoms with Crippen molar-refractivity contribution in [2.24, 2.45) is 5.73 Å². The number of hydroxylamine groups is 1.